The molecule has 32 heavy (non-hydrogen) atoms. The average molecular weight is 437 g/mol. The second kappa shape index (κ2) is 8.18. The van der Waals surface area contributed by atoms with Crippen LogP contribution >= 0.6 is 7.14 Å². The third-order valence-corrected chi connectivity index (χ3v) is 9.15. The van der Waals surface area contributed by atoms with Gasteiger partial charge in [-0.2, -0.15) is 0 Å². The molecule has 3 nitrogen and oxygen atoms in total. The monoisotopic (exact) mass is 437 g/mol. The highest BCUT2D eigenvalue weighted by atomic mass is 31.2. The zero-order chi connectivity index (χ0) is 22.1. The summed E-state index contributed by atoms with van der Waals surface area (Å²) in [6.45, 7) is 0. The molecule has 0 unspecified atom stereocenters. The van der Waals surface area contributed by atoms with Gasteiger partial charge in [0.05, 0.1) is 12.5 Å². The summed E-state index contributed by atoms with van der Waals surface area (Å²) in [6, 6.07) is 35.9. The van der Waals surface area contributed by atoms with E-state index in [-0.39, 0.29) is 0 Å². The Bertz CT molecular complexity index is 1380. The number of nitrogens with zero attached hydrogens (tertiary/aromatic N) is 1. The van der Waals surface area contributed by atoms with Crippen LogP contribution in [0.15, 0.2) is 109 Å². The summed E-state index contributed by atoms with van der Waals surface area (Å²) >= 11 is 0. The summed E-state index contributed by atoms with van der Waals surface area (Å²) in [5.74, 6) is 0.779. The van der Waals surface area contributed by atoms with Crippen molar-refractivity contribution in [1.29, 1.82) is 0 Å². The maximum Gasteiger partial charge on any atom is 0.187 e. The largest absolute Gasteiger partial charge is 0.497 e. The first-order valence-electron chi connectivity index (χ1n) is 10.6. The molecule has 1 heterocycles. The summed E-state index contributed by atoms with van der Waals surface area (Å²) < 4.78 is 22.9. The van der Waals surface area contributed by atoms with Crippen LogP contribution in [0.25, 0.3) is 22.0 Å². The van der Waals surface area contributed by atoms with Crippen LogP contribution in [0, 0.1) is 0 Å². The van der Waals surface area contributed by atoms with Crippen LogP contribution in [0.5, 0.6) is 5.75 Å². The van der Waals surface area contributed by atoms with E-state index in [0.717, 1.165) is 43.8 Å². The van der Waals surface area contributed by atoms with E-state index < -0.39 is 7.14 Å². The summed E-state index contributed by atoms with van der Waals surface area (Å²) in [4.78, 5) is 0. The Morgan fingerprint density at radius 1 is 0.719 bits per heavy atom. The lowest BCUT2D eigenvalue weighted by atomic mass is 10.0. The van der Waals surface area contributed by atoms with Gasteiger partial charge in [0.1, 0.15) is 5.75 Å². The topological polar surface area (TPSA) is 31.2 Å². The predicted molar refractivity (Wildman–Crippen MR) is 134 cm³/mol. The van der Waals surface area contributed by atoms with Crippen molar-refractivity contribution in [3.63, 3.8) is 0 Å². The number of aryl methyl sites for hydroxylation is 1. The average Bonchev–Trinajstić information content (AvgIpc) is 3.17. The molecule has 0 spiro atoms. The van der Waals surface area contributed by atoms with Gasteiger partial charge in [0.2, 0.25) is 0 Å². The van der Waals surface area contributed by atoms with E-state index in [4.69, 9.17) is 4.74 Å². The molecule has 4 aromatic carbocycles. The summed E-state index contributed by atoms with van der Waals surface area (Å²) in [5.41, 5.74) is 3.86. The first-order chi connectivity index (χ1) is 15.6. The number of benzene rings is 4. The van der Waals surface area contributed by atoms with Crippen molar-refractivity contribution >= 4 is 34.1 Å². The lowest BCUT2D eigenvalue weighted by molar-refractivity contribution is 0.415. The molecule has 5 rings (SSSR count). The number of hydrogen-bond acceptors (Lipinski definition) is 2. The standard InChI is InChI=1S/C28H24NO2P/c1-29-26-19-18-22(31-2)20-25(26)27(21-12-6-3-7-13-21)28(29)32(30,23-14-8-4-9-15-23)24-16-10-5-11-17-24/h3-20H,1-2H3. The second-order valence-electron chi connectivity index (χ2n) is 7.79. The first kappa shape index (κ1) is 20.4. The number of rotatable bonds is 5. The van der Waals surface area contributed by atoms with Crippen LogP contribution in [0.4, 0.5) is 0 Å². The highest BCUT2D eigenvalue weighted by Gasteiger charge is 2.36. The van der Waals surface area contributed by atoms with Crippen molar-refractivity contribution in [1.82, 2.24) is 4.57 Å². The maximum absolute atomic E-state index is 15.3. The zero-order valence-corrected chi connectivity index (χ0v) is 19.0. The van der Waals surface area contributed by atoms with Gasteiger partial charge in [0, 0.05) is 34.1 Å². The summed E-state index contributed by atoms with van der Waals surface area (Å²) in [5, 5.41) is 2.67. The van der Waals surface area contributed by atoms with Gasteiger partial charge in [0.25, 0.3) is 0 Å². The molecule has 5 aromatic rings. The fourth-order valence-electron chi connectivity index (χ4n) is 4.46. The van der Waals surface area contributed by atoms with E-state index in [9.17, 15) is 0 Å². The fraction of sp³-hybridized carbons (Fsp3) is 0.0714. The predicted octanol–water partition coefficient (Wildman–Crippen LogP) is 5.49. The van der Waals surface area contributed by atoms with Gasteiger partial charge < -0.3 is 13.9 Å². The van der Waals surface area contributed by atoms with Crippen LogP contribution in [0.1, 0.15) is 0 Å². The third kappa shape index (κ3) is 3.18. The number of fused-ring (bicyclic) bond motifs is 1. The Hall–Kier alpha value is -3.55. The number of aromatic nitrogens is 1. The Morgan fingerprint density at radius 2 is 1.25 bits per heavy atom. The minimum Gasteiger partial charge on any atom is -0.497 e. The third-order valence-electron chi connectivity index (χ3n) is 5.98. The number of ether oxygens (including phenoxy) is 1. The molecule has 0 amide bonds. The Kier molecular flexibility index (Phi) is 5.20. The van der Waals surface area contributed by atoms with Gasteiger partial charge in [-0.15, -0.1) is 0 Å². The quantitative estimate of drug-likeness (QED) is 0.340. The molecule has 0 aliphatic rings. The van der Waals surface area contributed by atoms with Crippen LogP contribution in [0.3, 0.4) is 0 Å². The van der Waals surface area contributed by atoms with E-state index in [2.05, 4.69) is 16.7 Å². The van der Waals surface area contributed by atoms with Gasteiger partial charge in [-0.25, -0.2) is 0 Å². The minimum atomic E-state index is -3.19. The summed E-state index contributed by atoms with van der Waals surface area (Å²) in [6.07, 6.45) is 0. The maximum atomic E-state index is 15.3. The van der Waals surface area contributed by atoms with Crippen molar-refractivity contribution < 1.29 is 9.30 Å². The van der Waals surface area contributed by atoms with Gasteiger partial charge >= 0.3 is 0 Å². The van der Waals surface area contributed by atoms with Gasteiger partial charge in [-0.1, -0.05) is 91.0 Å². The molecule has 0 radical (unpaired) electrons. The highest BCUT2D eigenvalue weighted by Crippen LogP contribution is 2.48. The van der Waals surface area contributed by atoms with Crippen molar-refractivity contribution in [2.75, 3.05) is 7.11 Å². The van der Waals surface area contributed by atoms with Gasteiger partial charge in [-0.3, -0.25) is 0 Å². The van der Waals surface area contributed by atoms with E-state index in [1.165, 1.54) is 0 Å². The molecular weight excluding hydrogens is 413 g/mol. The van der Waals surface area contributed by atoms with E-state index >= 15 is 4.57 Å². The number of methoxy groups -OCH3 is 1. The first-order valence-corrected chi connectivity index (χ1v) is 12.3. The van der Waals surface area contributed by atoms with Crippen molar-refractivity contribution in [2.24, 2.45) is 7.05 Å². The molecule has 0 N–H and O–H groups in total. The lowest BCUT2D eigenvalue weighted by Crippen LogP contribution is -2.30. The van der Waals surface area contributed by atoms with Crippen molar-refractivity contribution in [2.45, 2.75) is 0 Å². The molecule has 1 aromatic heterocycles. The molecule has 0 atom stereocenters. The van der Waals surface area contributed by atoms with E-state index in [0.29, 0.717) is 0 Å². The van der Waals surface area contributed by atoms with Crippen LogP contribution < -0.4 is 20.8 Å². The van der Waals surface area contributed by atoms with E-state index in [1.54, 1.807) is 7.11 Å². The molecule has 0 saturated heterocycles. The van der Waals surface area contributed by atoms with E-state index in [1.807, 2.05) is 104 Å². The smallest absolute Gasteiger partial charge is 0.187 e. The fourth-order valence-corrected chi connectivity index (χ4v) is 7.53. The minimum absolute atomic E-state index is 0.779. The van der Waals surface area contributed by atoms with Gasteiger partial charge in [0.15, 0.2) is 7.14 Å². The molecule has 0 bridgehead atoms. The Morgan fingerprint density at radius 3 is 1.78 bits per heavy atom. The number of hydrogen-bond donors (Lipinski definition) is 0. The molecule has 0 saturated carbocycles. The van der Waals surface area contributed by atoms with Gasteiger partial charge in [-0.05, 0) is 23.8 Å². The molecule has 0 aliphatic carbocycles. The van der Waals surface area contributed by atoms with Crippen molar-refractivity contribution in [3.8, 4) is 16.9 Å². The molecule has 0 fully saturated rings. The molecule has 158 valence electrons. The lowest BCUT2D eigenvalue weighted by Gasteiger charge is -2.22. The normalized spacial score (nSPS) is 11.6. The zero-order valence-electron chi connectivity index (χ0n) is 18.1. The van der Waals surface area contributed by atoms with Crippen LogP contribution in [0.2, 0.25) is 0 Å². The molecule has 0 aliphatic heterocycles. The van der Waals surface area contributed by atoms with Crippen molar-refractivity contribution in [3.05, 3.63) is 109 Å². The highest BCUT2D eigenvalue weighted by molar-refractivity contribution is 7.85. The summed E-state index contributed by atoms with van der Waals surface area (Å²) in [7, 11) is 0.491. The van der Waals surface area contributed by atoms with Crippen LogP contribution in [-0.4, -0.2) is 11.7 Å². The molecule has 4 heteroatoms. The van der Waals surface area contributed by atoms with Crippen LogP contribution in [-0.2, 0) is 11.6 Å². The SMILES string of the molecule is COc1ccc2c(c1)c(-c1ccccc1)c(P(=O)(c1ccccc1)c1ccccc1)n2C. The molecular formula is C28H24NO2P. The Labute approximate surface area is 188 Å². The second-order valence-corrected chi connectivity index (χ2v) is 10.5. The Balaban J connectivity index is 1.96.